The number of likely N-dealkylation sites (N-methyl/N-ethyl adjacent to an activating group) is 1. The van der Waals surface area contributed by atoms with Crippen LogP contribution >= 0.6 is 0 Å². The van der Waals surface area contributed by atoms with Crippen LogP contribution in [-0.4, -0.2) is 49.1 Å². The lowest BCUT2D eigenvalue weighted by atomic mass is 9.37. The van der Waals surface area contributed by atoms with Crippen LogP contribution in [0, 0.1) is 18.3 Å². The molecule has 4 bridgehead atoms. The Balaban J connectivity index is 1.73. The normalized spacial score (nSPS) is 45.6. The number of aryl methyl sites for hydroxylation is 1. The maximum Gasteiger partial charge on any atom is 0.143 e. The van der Waals surface area contributed by atoms with Crippen LogP contribution in [0.2, 0.25) is 0 Å². The molecule has 6 aliphatic rings. The van der Waals surface area contributed by atoms with E-state index in [1.165, 1.54) is 16.7 Å². The van der Waals surface area contributed by atoms with E-state index in [9.17, 15) is 4.79 Å². The zero-order valence-corrected chi connectivity index (χ0v) is 16.5. The minimum absolute atomic E-state index is 0.0483. The summed E-state index contributed by atoms with van der Waals surface area (Å²) < 4.78 is 13.0. The number of ether oxygens (including phenoxy) is 2. The number of Topliss-reactive ketones (excluding diaryl/α,β-unsaturated/α-hetero) is 1. The number of carbonyl (C=O) groups excluding carboxylic acids is 1. The highest BCUT2D eigenvalue weighted by Gasteiger charge is 2.79. The van der Waals surface area contributed by atoms with Gasteiger partial charge in [0.25, 0.3) is 0 Å². The predicted molar refractivity (Wildman–Crippen MR) is 102 cm³/mol. The van der Waals surface area contributed by atoms with Crippen molar-refractivity contribution < 1.29 is 14.3 Å². The van der Waals surface area contributed by atoms with Crippen molar-refractivity contribution in [3.05, 3.63) is 41.0 Å². The first-order valence-corrected chi connectivity index (χ1v) is 10.2. The van der Waals surface area contributed by atoms with Crippen molar-refractivity contribution in [1.29, 1.82) is 0 Å². The van der Waals surface area contributed by atoms with Crippen molar-refractivity contribution >= 4 is 5.78 Å². The third kappa shape index (κ3) is 1.46. The summed E-state index contributed by atoms with van der Waals surface area (Å²) in [5, 5.41) is 0. The molecule has 27 heavy (non-hydrogen) atoms. The number of nitrogens with zero attached hydrogens (tertiary/aromatic N) is 1. The van der Waals surface area contributed by atoms with Crippen molar-refractivity contribution in [2.45, 2.75) is 56.3 Å². The van der Waals surface area contributed by atoms with Gasteiger partial charge in [0.1, 0.15) is 23.2 Å². The Kier molecular flexibility index (Phi) is 2.82. The second kappa shape index (κ2) is 4.66. The SMILES string of the molecule is COC12C=CC3(CC1C(C)=O)C1Cc4ccc(C)c5c4C3(CCN1C)C2O5. The molecule has 4 nitrogen and oxygen atoms in total. The first-order valence-electron chi connectivity index (χ1n) is 10.2. The molecule has 2 heterocycles. The summed E-state index contributed by atoms with van der Waals surface area (Å²) in [4.78, 5) is 15.3. The summed E-state index contributed by atoms with van der Waals surface area (Å²) >= 11 is 0. The highest BCUT2D eigenvalue weighted by atomic mass is 16.6. The van der Waals surface area contributed by atoms with E-state index in [1.807, 2.05) is 0 Å². The highest BCUT2D eigenvalue weighted by Crippen LogP contribution is 2.74. The smallest absolute Gasteiger partial charge is 0.143 e. The van der Waals surface area contributed by atoms with Gasteiger partial charge < -0.3 is 14.4 Å². The Labute approximate surface area is 160 Å². The van der Waals surface area contributed by atoms with Gasteiger partial charge in [0, 0.05) is 24.1 Å². The first kappa shape index (κ1) is 16.3. The van der Waals surface area contributed by atoms with E-state index in [-0.39, 0.29) is 28.6 Å². The summed E-state index contributed by atoms with van der Waals surface area (Å²) in [5.41, 5.74) is 3.30. The molecule has 2 fully saturated rings. The van der Waals surface area contributed by atoms with E-state index in [1.54, 1.807) is 14.0 Å². The number of fused-ring (bicyclic) bond motifs is 1. The summed E-state index contributed by atoms with van der Waals surface area (Å²) in [6, 6.07) is 4.92. The molecular weight excluding hydrogens is 338 g/mol. The maximum atomic E-state index is 12.8. The summed E-state index contributed by atoms with van der Waals surface area (Å²) in [5.74, 6) is 1.15. The first-order chi connectivity index (χ1) is 12.9. The molecular formula is C23H27NO3. The minimum Gasteiger partial charge on any atom is -0.485 e. The summed E-state index contributed by atoms with van der Waals surface area (Å²) in [6.07, 6.45) is 7.48. The molecule has 0 N–H and O–H groups in total. The summed E-state index contributed by atoms with van der Waals surface area (Å²) in [7, 11) is 4.01. The molecule has 1 aromatic carbocycles. The van der Waals surface area contributed by atoms with Crippen molar-refractivity contribution in [2.24, 2.45) is 11.3 Å². The number of hydrogen-bond acceptors (Lipinski definition) is 4. The van der Waals surface area contributed by atoms with Crippen molar-refractivity contribution in [2.75, 3.05) is 20.7 Å². The zero-order valence-electron chi connectivity index (χ0n) is 16.5. The minimum atomic E-state index is -0.659. The van der Waals surface area contributed by atoms with Crippen LogP contribution < -0.4 is 4.74 Å². The third-order valence-electron chi connectivity index (χ3n) is 8.78. The summed E-state index contributed by atoms with van der Waals surface area (Å²) in [6.45, 7) is 4.94. The van der Waals surface area contributed by atoms with E-state index in [0.29, 0.717) is 6.04 Å². The molecule has 4 aliphatic carbocycles. The topological polar surface area (TPSA) is 38.8 Å². The zero-order chi connectivity index (χ0) is 18.8. The lowest BCUT2D eigenvalue weighted by molar-refractivity contribution is -0.212. The van der Waals surface area contributed by atoms with Gasteiger partial charge in [-0.2, -0.15) is 0 Å². The molecule has 2 spiro atoms. The standard InChI is InChI=1S/C23H27NO3/c1-13-5-6-15-11-17-21-7-8-23(26-4,16(12-21)14(2)25)20-22(21,9-10-24(17)3)18(15)19(13)27-20/h5-8,16-17,20H,9-12H2,1-4H3. The molecule has 1 aromatic rings. The van der Waals surface area contributed by atoms with Crippen LogP contribution in [0.15, 0.2) is 24.3 Å². The van der Waals surface area contributed by atoms with Gasteiger partial charge in [0.2, 0.25) is 0 Å². The average Bonchev–Trinajstić information content (AvgIpc) is 3.03. The molecule has 7 rings (SSSR count). The van der Waals surface area contributed by atoms with E-state index in [2.05, 4.69) is 43.2 Å². The number of likely N-dealkylation sites (tertiary alicyclic amines) is 1. The van der Waals surface area contributed by atoms with Gasteiger partial charge in [-0.25, -0.2) is 0 Å². The number of piperidine rings is 1. The molecule has 1 saturated carbocycles. The Morgan fingerprint density at radius 2 is 2.15 bits per heavy atom. The molecule has 6 unspecified atom stereocenters. The molecule has 0 aromatic heterocycles. The molecule has 2 aliphatic heterocycles. The lowest BCUT2D eigenvalue weighted by Crippen LogP contribution is -2.79. The maximum absolute atomic E-state index is 12.8. The van der Waals surface area contributed by atoms with Gasteiger partial charge in [0.15, 0.2) is 0 Å². The molecule has 6 atom stereocenters. The van der Waals surface area contributed by atoms with Crippen LogP contribution in [0.3, 0.4) is 0 Å². The Morgan fingerprint density at radius 1 is 1.33 bits per heavy atom. The van der Waals surface area contributed by atoms with Crippen LogP contribution in [0.4, 0.5) is 0 Å². The number of ketones is 1. The van der Waals surface area contributed by atoms with E-state index in [4.69, 9.17) is 9.47 Å². The fraction of sp³-hybridized carbons (Fsp3) is 0.609. The van der Waals surface area contributed by atoms with Gasteiger partial charge in [-0.1, -0.05) is 24.3 Å². The van der Waals surface area contributed by atoms with Crippen molar-refractivity contribution in [3.8, 4) is 5.75 Å². The van der Waals surface area contributed by atoms with Crippen molar-refractivity contribution in [1.82, 2.24) is 4.90 Å². The van der Waals surface area contributed by atoms with E-state index in [0.717, 1.165) is 31.6 Å². The fourth-order valence-corrected chi connectivity index (χ4v) is 7.66. The second-order valence-corrected chi connectivity index (χ2v) is 9.46. The average molecular weight is 365 g/mol. The number of rotatable bonds is 2. The molecule has 0 amide bonds. The van der Waals surface area contributed by atoms with Gasteiger partial charge >= 0.3 is 0 Å². The van der Waals surface area contributed by atoms with Crippen molar-refractivity contribution in [3.63, 3.8) is 0 Å². The number of benzene rings is 1. The Morgan fingerprint density at radius 3 is 2.89 bits per heavy atom. The lowest BCUT2D eigenvalue weighted by Gasteiger charge is -2.70. The quantitative estimate of drug-likeness (QED) is 0.756. The monoisotopic (exact) mass is 365 g/mol. The predicted octanol–water partition coefficient (Wildman–Crippen LogP) is 2.80. The molecule has 4 heteroatoms. The highest BCUT2D eigenvalue weighted by molar-refractivity contribution is 5.82. The van der Waals surface area contributed by atoms with Gasteiger partial charge in [-0.05, 0) is 57.8 Å². The van der Waals surface area contributed by atoms with Crippen LogP contribution in [0.25, 0.3) is 0 Å². The molecule has 142 valence electrons. The molecule has 1 saturated heterocycles. The van der Waals surface area contributed by atoms with E-state index < -0.39 is 5.60 Å². The fourth-order valence-electron chi connectivity index (χ4n) is 7.66. The third-order valence-corrected chi connectivity index (χ3v) is 8.78. The van der Waals surface area contributed by atoms with E-state index >= 15 is 0 Å². The Hall–Kier alpha value is -1.65. The number of carbonyl (C=O) groups is 1. The number of methoxy groups -OCH3 is 1. The van der Waals surface area contributed by atoms with Crippen LogP contribution in [0.1, 0.15) is 36.5 Å². The van der Waals surface area contributed by atoms with Gasteiger partial charge in [-0.3, -0.25) is 4.79 Å². The van der Waals surface area contributed by atoms with Crippen LogP contribution in [-0.2, 0) is 21.4 Å². The number of hydrogen-bond donors (Lipinski definition) is 0. The van der Waals surface area contributed by atoms with Crippen LogP contribution in [0.5, 0.6) is 5.75 Å². The van der Waals surface area contributed by atoms with Gasteiger partial charge in [0.05, 0.1) is 11.3 Å². The Bertz CT molecular complexity index is 922. The second-order valence-electron chi connectivity index (χ2n) is 9.46. The molecule has 0 radical (unpaired) electrons. The van der Waals surface area contributed by atoms with Gasteiger partial charge in [-0.15, -0.1) is 0 Å². The largest absolute Gasteiger partial charge is 0.485 e.